The monoisotopic (exact) mass is 530 g/mol. The second-order valence-corrected chi connectivity index (χ2v) is 11.3. The lowest BCUT2D eigenvalue weighted by atomic mass is 9.93. The molecule has 2 aliphatic heterocycles. The van der Waals surface area contributed by atoms with Crippen molar-refractivity contribution in [3.05, 3.63) is 65.9 Å². The third kappa shape index (κ3) is 6.18. The van der Waals surface area contributed by atoms with Crippen LogP contribution in [-0.2, 0) is 27.2 Å². The Hall–Kier alpha value is -3.61. The molecule has 0 radical (unpaired) electrons. The van der Waals surface area contributed by atoms with Gasteiger partial charge in [0.05, 0.1) is 0 Å². The van der Waals surface area contributed by atoms with E-state index in [-0.39, 0.29) is 23.8 Å². The van der Waals surface area contributed by atoms with Gasteiger partial charge in [0.15, 0.2) is 0 Å². The molecule has 0 aliphatic carbocycles. The number of nitrogens with zero attached hydrogens (tertiary/aromatic N) is 2. The summed E-state index contributed by atoms with van der Waals surface area (Å²) < 4.78 is 0. The largest absolute Gasteiger partial charge is 0.361 e. The third-order valence-electron chi connectivity index (χ3n) is 7.65. The molecular formula is C32H42N4O3. The van der Waals surface area contributed by atoms with Gasteiger partial charge in [-0.05, 0) is 42.5 Å². The summed E-state index contributed by atoms with van der Waals surface area (Å²) in [5, 5.41) is 4.10. The maximum absolute atomic E-state index is 13.8. The van der Waals surface area contributed by atoms with E-state index in [1.165, 1.54) is 5.56 Å². The van der Waals surface area contributed by atoms with Crippen LogP contribution in [0.4, 0.5) is 5.69 Å². The average Bonchev–Trinajstić information content (AvgIpc) is 3.35. The molecular weight excluding hydrogens is 488 g/mol. The van der Waals surface area contributed by atoms with E-state index in [9.17, 15) is 14.4 Å². The SMILES string of the molecule is CC.CC(C)(C)C(=O)N[C@H](Cc1c[nH]c2ccccc12)C(=O)N1CCC(N2C(=O)CCc3ccccc32)CC1. The van der Waals surface area contributed by atoms with Crippen molar-refractivity contribution >= 4 is 34.3 Å². The number of anilines is 1. The summed E-state index contributed by atoms with van der Waals surface area (Å²) in [5.41, 5.74) is 3.64. The van der Waals surface area contributed by atoms with Crippen LogP contribution < -0.4 is 10.2 Å². The van der Waals surface area contributed by atoms with Crippen LogP contribution in [0.5, 0.6) is 0 Å². The summed E-state index contributed by atoms with van der Waals surface area (Å²) in [4.78, 5) is 46.7. The Morgan fingerprint density at radius 2 is 1.67 bits per heavy atom. The van der Waals surface area contributed by atoms with Crippen LogP contribution in [0.1, 0.15) is 65.0 Å². The summed E-state index contributed by atoms with van der Waals surface area (Å²) in [6, 6.07) is 15.6. The molecule has 1 fully saturated rings. The molecule has 1 aromatic heterocycles. The Morgan fingerprint density at radius 1 is 1.00 bits per heavy atom. The highest BCUT2D eigenvalue weighted by Crippen LogP contribution is 2.32. The van der Waals surface area contributed by atoms with E-state index < -0.39 is 11.5 Å². The van der Waals surface area contributed by atoms with Gasteiger partial charge in [0.1, 0.15) is 6.04 Å². The highest BCUT2D eigenvalue weighted by Gasteiger charge is 2.36. The Bertz CT molecular complexity index is 1310. The molecule has 7 heteroatoms. The molecule has 2 aromatic carbocycles. The van der Waals surface area contributed by atoms with Crippen LogP contribution in [0.15, 0.2) is 54.7 Å². The lowest BCUT2D eigenvalue weighted by molar-refractivity contribution is -0.139. The second kappa shape index (κ2) is 12.1. The highest BCUT2D eigenvalue weighted by atomic mass is 16.2. The van der Waals surface area contributed by atoms with E-state index in [1.54, 1.807) is 0 Å². The lowest BCUT2D eigenvalue weighted by Gasteiger charge is -2.41. The molecule has 39 heavy (non-hydrogen) atoms. The standard InChI is InChI=1S/C30H36N4O3.C2H6/c1-30(2,3)29(37)32-25(18-21-19-31-24-10-6-5-9-23(21)24)28(36)33-16-14-22(15-17-33)34-26-11-7-4-8-20(26)12-13-27(34)35;1-2/h4-11,19,22,25,31H,12-18H2,1-3H3,(H,32,37);1-2H3/t25-;/m1./s1. The first-order valence-corrected chi connectivity index (χ1v) is 14.3. The van der Waals surface area contributed by atoms with Crippen molar-refractivity contribution in [3.63, 3.8) is 0 Å². The highest BCUT2D eigenvalue weighted by molar-refractivity contribution is 5.97. The number of rotatable bonds is 5. The van der Waals surface area contributed by atoms with Gasteiger partial charge in [-0.15, -0.1) is 0 Å². The Morgan fingerprint density at radius 3 is 2.38 bits per heavy atom. The van der Waals surface area contributed by atoms with Crippen molar-refractivity contribution in [1.29, 1.82) is 0 Å². The van der Waals surface area contributed by atoms with Gasteiger partial charge in [-0.2, -0.15) is 0 Å². The Kier molecular flexibility index (Phi) is 8.78. The molecule has 0 spiro atoms. The molecule has 3 amide bonds. The first-order chi connectivity index (χ1) is 18.7. The molecule has 1 atom stereocenters. The average molecular weight is 531 g/mol. The lowest BCUT2D eigenvalue weighted by Crippen LogP contribution is -2.56. The number of fused-ring (bicyclic) bond motifs is 2. The predicted octanol–water partition coefficient (Wildman–Crippen LogP) is 5.24. The quantitative estimate of drug-likeness (QED) is 0.473. The van der Waals surface area contributed by atoms with Gasteiger partial charge in [-0.1, -0.05) is 71.0 Å². The van der Waals surface area contributed by atoms with Crippen LogP contribution in [0, 0.1) is 5.41 Å². The van der Waals surface area contributed by atoms with Crippen LogP contribution in [-0.4, -0.2) is 52.8 Å². The van der Waals surface area contributed by atoms with E-state index in [2.05, 4.69) is 16.4 Å². The van der Waals surface area contributed by atoms with Gasteiger partial charge in [0.25, 0.3) is 0 Å². The zero-order valence-corrected chi connectivity index (χ0v) is 23.9. The van der Waals surface area contributed by atoms with Crippen LogP contribution in [0.3, 0.4) is 0 Å². The van der Waals surface area contributed by atoms with Crippen LogP contribution in [0.2, 0.25) is 0 Å². The second-order valence-electron chi connectivity index (χ2n) is 11.3. The molecule has 3 heterocycles. The number of likely N-dealkylation sites (tertiary alicyclic amines) is 1. The van der Waals surface area contributed by atoms with Crippen molar-refractivity contribution in [2.45, 2.75) is 78.8 Å². The molecule has 2 aliphatic rings. The Labute approximate surface area is 231 Å². The normalized spacial score (nSPS) is 16.8. The van der Waals surface area contributed by atoms with Crippen molar-refractivity contribution in [1.82, 2.24) is 15.2 Å². The van der Waals surface area contributed by atoms with Crippen LogP contribution in [0.25, 0.3) is 10.9 Å². The molecule has 0 bridgehead atoms. The number of piperidine rings is 1. The number of para-hydroxylation sites is 2. The molecule has 2 N–H and O–H groups in total. The molecule has 208 valence electrons. The molecule has 0 unspecified atom stereocenters. The third-order valence-corrected chi connectivity index (χ3v) is 7.65. The van der Waals surface area contributed by atoms with Gasteiger partial charge >= 0.3 is 0 Å². The number of aromatic nitrogens is 1. The number of benzene rings is 2. The van der Waals surface area contributed by atoms with E-state index in [0.717, 1.165) is 41.4 Å². The van der Waals surface area contributed by atoms with Gasteiger partial charge in [0, 0.05) is 60.2 Å². The molecule has 1 saturated heterocycles. The number of H-pyrrole nitrogens is 1. The number of hydrogen-bond acceptors (Lipinski definition) is 3. The fourth-order valence-electron chi connectivity index (χ4n) is 5.51. The number of aryl methyl sites for hydroxylation is 1. The molecule has 7 nitrogen and oxygen atoms in total. The van der Waals surface area contributed by atoms with E-state index in [1.807, 2.05) is 93.1 Å². The minimum absolute atomic E-state index is 0.0632. The van der Waals surface area contributed by atoms with Crippen molar-refractivity contribution < 1.29 is 14.4 Å². The van der Waals surface area contributed by atoms with Crippen molar-refractivity contribution in [2.75, 3.05) is 18.0 Å². The van der Waals surface area contributed by atoms with Gasteiger partial charge in [-0.25, -0.2) is 0 Å². The number of amides is 3. The van der Waals surface area contributed by atoms with Gasteiger partial charge in [0.2, 0.25) is 17.7 Å². The maximum Gasteiger partial charge on any atom is 0.245 e. The zero-order chi connectivity index (χ0) is 28.2. The smallest absolute Gasteiger partial charge is 0.245 e. The predicted molar refractivity (Wildman–Crippen MR) is 157 cm³/mol. The first-order valence-electron chi connectivity index (χ1n) is 14.3. The van der Waals surface area contributed by atoms with Crippen molar-refractivity contribution in [2.24, 2.45) is 5.41 Å². The van der Waals surface area contributed by atoms with E-state index >= 15 is 0 Å². The van der Waals surface area contributed by atoms with Crippen LogP contribution >= 0.6 is 0 Å². The zero-order valence-electron chi connectivity index (χ0n) is 23.9. The first kappa shape index (κ1) is 28.4. The Balaban J connectivity index is 0.00000172. The fraction of sp³-hybridized carbons (Fsp3) is 0.469. The number of aromatic amines is 1. The molecule has 0 saturated carbocycles. The summed E-state index contributed by atoms with van der Waals surface area (Å²) in [6.45, 7) is 10.7. The minimum atomic E-state index is -0.653. The number of carbonyl (C=O) groups excluding carboxylic acids is 3. The van der Waals surface area contributed by atoms with E-state index in [0.29, 0.717) is 25.9 Å². The number of hydrogen-bond donors (Lipinski definition) is 2. The summed E-state index contributed by atoms with van der Waals surface area (Å²) in [7, 11) is 0. The number of carbonyl (C=O) groups is 3. The summed E-state index contributed by atoms with van der Waals surface area (Å²) in [6.07, 6.45) is 5.10. The molecule has 3 aromatic rings. The topological polar surface area (TPSA) is 85.5 Å². The van der Waals surface area contributed by atoms with E-state index in [4.69, 9.17) is 0 Å². The van der Waals surface area contributed by atoms with Gasteiger partial charge in [-0.3, -0.25) is 14.4 Å². The fourth-order valence-corrected chi connectivity index (χ4v) is 5.51. The summed E-state index contributed by atoms with van der Waals surface area (Å²) >= 11 is 0. The summed E-state index contributed by atoms with van der Waals surface area (Å²) in [5.74, 6) is -0.0408. The van der Waals surface area contributed by atoms with Gasteiger partial charge < -0.3 is 20.1 Å². The minimum Gasteiger partial charge on any atom is -0.361 e. The number of nitrogens with one attached hydrogen (secondary N) is 2. The van der Waals surface area contributed by atoms with Crippen molar-refractivity contribution in [3.8, 4) is 0 Å². The molecule has 5 rings (SSSR count). The maximum atomic E-state index is 13.8.